The summed E-state index contributed by atoms with van der Waals surface area (Å²) in [6, 6.07) is 2.06. The van der Waals surface area contributed by atoms with Crippen LogP contribution in [-0.2, 0) is 6.42 Å². The Kier molecular flexibility index (Phi) is 3.20. The zero-order valence-corrected chi connectivity index (χ0v) is 9.56. The van der Waals surface area contributed by atoms with Crippen LogP contribution in [0, 0.1) is 0 Å². The molecule has 82 valence electrons. The van der Waals surface area contributed by atoms with Gasteiger partial charge in [0.1, 0.15) is 0 Å². The van der Waals surface area contributed by atoms with E-state index in [1.165, 1.54) is 5.56 Å². The molecule has 16 heavy (non-hydrogen) atoms. The minimum Gasteiger partial charge on any atom is -0.347 e. The molecule has 0 amide bonds. The molecule has 1 aliphatic heterocycles. The first-order chi connectivity index (χ1) is 7.79. The summed E-state index contributed by atoms with van der Waals surface area (Å²) in [7, 11) is 2.04. The molecule has 0 unspecified atom stereocenters. The monoisotopic (exact) mass is 212 g/mol. The summed E-state index contributed by atoms with van der Waals surface area (Å²) in [6.07, 6.45) is 14.0. The normalized spacial score (nSPS) is 18.1. The third-order valence-corrected chi connectivity index (χ3v) is 2.80. The number of fused-ring (bicyclic) bond motifs is 1. The Bertz CT molecular complexity index is 444. The lowest BCUT2D eigenvalue weighted by atomic mass is 10.1. The van der Waals surface area contributed by atoms with E-state index in [0.29, 0.717) is 0 Å². The van der Waals surface area contributed by atoms with Crippen LogP contribution < -0.4 is 4.90 Å². The number of pyridine rings is 1. The van der Waals surface area contributed by atoms with Crippen molar-refractivity contribution in [3.8, 4) is 0 Å². The van der Waals surface area contributed by atoms with Crippen LogP contribution in [0.15, 0.2) is 55.0 Å². The molecule has 0 bridgehead atoms. The molecule has 2 heteroatoms. The number of hydrogen-bond acceptors (Lipinski definition) is 2. The topological polar surface area (TPSA) is 16.1 Å². The molecule has 0 aliphatic carbocycles. The third-order valence-electron chi connectivity index (χ3n) is 2.80. The lowest BCUT2D eigenvalue weighted by Crippen LogP contribution is -2.17. The highest BCUT2D eigenvalue weighted by Gasteiger charge is 2.09. The molecule has 0 radical (unpaired) electrons. The second-order valence-corrected chi connectivity index (χ2v) is 3.89. The summed E-state index contributed by atoms with van der Waals surface area (Å²) in [5.74, 6) is 0. The highest BCUT2D eigenvalue weighted by Crippen LogP contribution is 2.23. The summed E-state index contributed by atoms with van der Waals surface area (Å²) < 4.78 is 0. The number of anilines is 1. The maximum Gasteiger partial charge on any atom is 0.0627 e. The number of hydrogen-bond donors (Lipinski definition) is 0. The van der Waals surface area contributed by atoms with Crippen LogP contribution >= 0.6 is 0 Å². The average molecular weight is 212 g/mol. The Morgan fingerprint density at radius 3 is 2.81 bits per heavy atom. The molecule has 2 heterocycles. The van der Waals surface area contributed by atoms with Gasteiger partial charge in [0.05, 0.1) is 11.9 Å². The third kappa shape index (κ3) is 2.22. The quantitative estimate of drug-likeness (QED) is 0.657. The zero-order chi connectivity index (χ0) is 11.4. The summed E-state index contributed by atoms with van der Waals surface area (Å²) in [6.45, 7) is 4.09. The highest BCUT2D eigenvalue weighted by molar-refractivity contribution is 5.56. The fourth-order valence-corrected chi connectivity index (χ4v) is 1.75. The van der Waals surface area contributed by atoms with Crippen molar-refractivity contribution in [3.05, 3.63) is 60.6 Å². The van der Waals surface area contributed by atoms with Crippen LogP contribution in [0.4, 0.5) is 5.69 Å². The molecule has 2 rings (SSSR count). The van der Waals surface area contributed by atoms with Gasteiger partial charge in [0, 0.05) is 25.4 Å². The second kappa shape index (κ2) is 4.79. The van der Waals surface area contributed by atoms with Crippen molar-refractivity contribution in [1.82, 2.24) is 4.98 Å². The molecular formula is C14H16N2. The largest absolute Gasteiger partial charge is 0.347 e. The van der Waals surface area contributed by atoms with Gasteiger partial charge in [-0.05, 0) is 18.1 Å². The van der Waals surface area contributed by atoms with Crippen LogP contribution in [-0.4, -0.2) is 12.0 Å². The van der Waals surface area contributed by atoms with E-state index < -0.39 is 0 Å². The van der Waals surface area contributed by atoms with Crippen LogP contribution in [0.25, 0.3) is 0 Å². The fraction of sp³-hybridized carbons (Fsp3) is 0.214. The molecule has 1 aromatic heterocycles. The first-order valence-electron chi connectivity index (χ1n) is 5.45. The minimum absolute atomic E-state index is 0.870. The lowest BCUT2D eigenvalue weighted by Gasteiger charge is -2.23. The first-order valence-corrected chi connectivity index (χ1v) is 5.45. The van der Waals surface area contributed by atoms with Crippen molar-refractivity contribution >= 4 is 5.69 Å². The summed E-state index contributed by atoms with van der Waals surface area (Å²) in [5.41, 5.74) is 3.51. The van der Waals surface area contributed by atoms with Crippen molar-refractivity contribution in [1.29, 1.82) is 0 Å². The average Bonchev–Trinajstić information content (AvgIpc) is 2.32. The zero-order valence-electron chi connectivity index (χ0n) is 9.56. The van der Waals surface area contributed by atoms with Crippen LogP contribution in [0.5, 0.6) is 0 Å². The lowest BCUT2D eigenvalue weighted by molar-refractivity contribution is 1.01. The van der Waals surface area contributed by atoms with E-state index in [4.69, 9.17) is 0 Å². The van der Waals surface area contributed by atoms with Crippen molar-refractivity contribution < 1.29 is 0 Å². The Labute approximate surface area is 96.6 Å². The van der Waals surface area contributed by atoms with E-state index in [1.807, 2.05) is 19.4 Å². The van der Waals surface area contributed by atoms with Gasteiger partial charge in [-0.25, -0.2) is 0 Å². The van der Waals surface area contributed by atoms with Crippen LogP contribution in [0.1, 0.15) is 12.0 Å². The van der Waals surface area contributed by atoms with Gasteiger partial charge in [0.25, 0.3) is 0 Å². The van der Waals surface area contributed by atoms with Gasteiger partial charge in [0.2, 0.25) is 0 Å². The van der Waals surface area contributed by atoms with E-state index in [9.17, 15) is 0 Å². The maximum atomic E-state index is 4.18. The second-order valence-electron chi connectivity index (χ2n) is 3.89. The van der Waals surface area contributed by atoms with Gasteiger partial charge < -0.3 is 4.90 Å². The predicted octanol–water partition coefficient (Wildman–Crippen LogP) is 3.09. The van der Waals surface area contributed by atoms with Gasteiger partial charge >= 0.3 is 0 Å². The molecule has 1 aromatic rings. The molecule has 0 atom stereocenters. The Morgan fingerprint density at radius 1 is 1.25 bits per heavy atom. The number of aromatic nitrogens is 1. The molecular weight excluding hydrogens is 196 g/mol. The molecule has 0 saturated heterocycles. The highest BCUT2D eigenvalue weighted by atomic mass is 15.1. The van der Waals surface area contributed by atoms with Crippen LogP contribution in [0.2, 0.25) is 0 Å². The minimum atomic E-state index is 0.870. The number of nitrogens with zero attached hydrogens (tertiary/aromatic N) is 2. The molecule has 0 aromatic carbocycles. The maximum absolute atomic E-state index is 4.18. The van der Waals surface area contributed by atoms with Gasteiger partial charge in [-0.3, -0.25) is 4.98 Å². The molecule has 0 saturated carbocycles. The first kappa shape index (κ1) is 10.7. The fourth-order valence-electron chi connectivity index (χ4n) is 1.75. The predicted molar refractivity (Wildman–Crippen MR) is 68.4 cm³/mol. The summed E-state index contributed by atoms with van der Waals surface area (Å²) >= 11 is 0. The van der Waals surface area contributed by atoms with E-state index >= 15 is 0 Å². The van der Waals surface area contributed by atoms with E-state index in [2.05, 4.69) is 46.8 Å². The Balaban J connectivity index is 2.42. The molecule has 0 spiro atoms. The molecule has 2 nitrogen and oxygen atoms in total. The van der Waals surface area contributed by atoms with E-state index in [0.717, 1.165) is 24.2 Å². The number of allylic oxidation sites excluding steroid dienone is 4. The van der Waals surface area contributed by atoms with Gasteiger partial charge in [0.15, 0.2) is 0 Å². The van der Waals surface area contributed by atoms with Crippen molar-refractivity contribution in [2.24, 2.45) is 0 Å². The smallest absolute Gasteiger partial charge is 0.0627 e. The van der Waals surface area contributed by atoms with Crippen molar-refractivity contribution in [2.75, 3.05) is 11.9 Å². The summed E-state index contributed by atoms with van der Waals surface area (Å²) in [5, 5.41) is 0. The Morgan fingerprint density at radius 2 is 2.00 bits per heavy atom. The summed E-state index contributed by atoms with van der Waals surface area (Å²) in [4.78, 5) is 6.30. The van der Waals surface area contributed by atoms with Crippen molar-refractivity contribution in [2.45, 2.75) is 12.8 Å². The Hall–Kier alpha value is -1.83. The van der Waals surface area contributed by atoms with Gasteiger partial charge in [-0.2, -0.15) is 0 Å². The molecule has 0 N–H and O–H groups in total. The van der Waals surface area contributed by atoms with Gasteiger partial charge in [-0.1, -0.05) is 30.9 Å². The molecule has 1 aliphatic rings. The van der Waals surface area contributed by atoms with Crippen molar-refractivity contribution in [3.63, 3.8) is 0 Å². The molecule has 0 fully saturated rings. The number of rotatable bonds is 0. The van der Waals surface area contributed by atoms with E-state index in [-0.39, 0.29) is 0 Å². The standard InChI is InChI=1S/C14H16N2/c1-12-7-5-3-4-6-8-13-9-10-15-11-14(13)16(12)2/h3-6,9-11H,1,7-8H2,2H3/b5-3?,6-4-. The van der Waals surface area contributed by atoms with Gasteiger partial charge in [-0.15, -0.1) is 0 Å². The SMILES string of the molecule is C=C1CC=C/C=C\Cc2ccncc2N1C. The van der Waals surface area contributed by atoms with Crippen LogP contribution in [0.3, 0.4) is 0 Å². The van der Waals surface area contributed by atoms with E-state index in [1.54, 1.807) is 0 Å².